The molecule has 1 amide bonds. The summed E-state index contributed by atoms with van der Waals surface area (Å²) >= 11 is 3.38. The molecule has 19 heavy (non-hydrogen) atoms. The minimum atomic E-state index is -0.508. The van der Waals surface area contributed by atoms with Gasteiger partial charge in [-0.15, -0.1) is 0 Å². The van der Waals surface area contributed by atoms with E-state index < -0.39 is 5.91 Å². The van der Waals surface area contributed by atoms with Crippen molar-refractivity contribution in [3.63, 3.8) is 0 Å². The highest BCUT2D eigenvalue weighted by molar-refractivity contribution is 9.10. The van der Waals surface area contributed by atoms with Gasteiger partial charge in [-0.2, -0.15) is 0 Å². The summed E-state index contributed by atoms with van der Waals surface area (Å²) in [5.41, 5.74) is 12.7. The van der Waals surface area contributed by atoms with Gasteiger partial charge in [-0.3, -0.25) is 4.79 Å². The predicted octanol–water partition coefficient (Wildman–Crippen LogP) is 2.63. The Balaban J connectivity index is 2.34. The third-order valence-corrected chi connectivity index (χ3v) is 3.54. The van der Waals surface area contributed by atoms with E-state index in [-0.39, 0.29) is 0 Å². The summed E-state index contributed by atoms with van der Waals surface area (Å²) < 4.78 is 6.29. The van der Waals surface area contributed by atoms with Crippen LogP contribution in [0.25, 0.3) is 0 Å². The van der Waals surface area contributed by atoms with Crippen molar-refractivity contribution in [2.24, 2.45) is 5.73 Å². The molecule has 0 bridgehead atoms. The SMILES string of the molecule is Cc1c(N)cnc(Oc2cccc(C(N)=O)c2)c1Br. The largest absolute Gasteiger partial charge is 0.438 e. The molecule has 5 nitrogen and oxygen atoms in total. The molecule has 0 unspecified atom stereocenters. The third kappa shape index (κ3) is 2.85. The Morgan fingerprint density at radius 3 is 2.84 bits per heavy atom. The van der Waals surface area contributed by atoms with Crippen LogP contribution in [0.4, 0.5) is 5.69 Å². The van der Waals surface area contributed by atoms with Crippen LogP contribution in [0.15, 0.2) is 34.9 Å². The first kappa shape index (κ1) is 13.4. The van der Waals surface area contributed by atoms with Crippen LogP contribution in [0.5, 0.6) is 11.6 Å². The number of anilines is 1. The molecule has 2 aromatic rings. The van der Waals surface area contributed by atoms with Gasteiger partial charge in [0.05, 0.1) is 16.4 Å². The lowest BCUT2D eigenvalue weighted by Crippen LogP contribution is -2.10. The van der Waals surface area contributed by atoms with Gasteiger partial charge in [0, 0.05) is 5.56 Å². The molecule has 1 aromatic heterocycles. The van der Waals surface area contributed by atoms with Gasteiger partial charge in [0.15, 0.2) is 0 Å². The van der Waals surface area contributed by atoms with Crippen LogP contribution >= 0.6 is 15.9 Å². The number of ether oxygens (including phenoxy) is 1. The number of rotatable bonds is 3. The maximum absolute atomic E-state index is 11.1. The Hall–Kier alpha value is -2.08. The van der Waals surface area contributed by atoms with Gasteiger partial charge in [-0.25, -0.2) is 4.98 Å². The number of carbonyl (C=O) groups excluding carboxylic acids is 1. The Morgan fingerprint density at radius 1 is 1.42 bits per heavy atom. The van der Waals surface area contributed by atoms with E-state index in [0.717, 1.165) is 5.56 Å². The van der Waals surface area contributed by atoms with Crippen molar-refractivity contribution >= 4 is 27.5 Å². The molecule has 0 radical (unpaired) electrons. The summed E-state index contributed by atoms with van der Waals surface area (Å²) in [6.07, 6.45) is 1.52. The van der Waals surface area contributed by atoms with E-state index >= 15 is 0 Å². The van der Waals surface area contributed by atoms with Crippen LogP contribution in [0.1, 0.15) is 15.9 Å². The van der Waals surface area contributed by atoms with Crippen molar-refractivity contribution < 1.29 is 9.53 Å². The van der Waals surface area contributed by atoms with Crippen molar-refractivity contribution in [3.8, 4) is 11.6 Å². The van der Waals surface area contributed by atoms with Crippen molar-refractivity contribution in [1.29, 1.82) is 0 Å². The van der Waals surface area contributed by atoms with Gasteiger partial charge in [0.2, 0.25) is 11.8 Å². The summed E-state index contributed by atoms with van der Waals surface area (Å²) in [5.74, 6) is 0.355. The highest BCUT2D eigenvalue weighted by atomic mass is 79.9. The highest BCUT2D eigenvalue weighted by Crippen LogP contribution is 2.32. The maximum Gasteiger partial charge on any atom is 0.248 e. The number of hydrogen-bond donors (Lipinski definition) is 2. The van der Waals surface area contributed by atoms with Crippen LogP contribution in [0.2, 0.25) is 0 Å². The van der Waals surface area contributed by atoms with E-state index in [2.05, 4.69) is 20.9 Å². The zero-order valence-corrected chi connectivity index (χ0v) is 11.8. The molecular weight excluding hydrogens is 310 g/mol. The van der Waals surface area contributed by atoms with Crippen LogP contribution in [-0.4, -0.2) is 10.9 Å². The smallest absolute Gasteiger partial charge is 0.248 e. The maximum atomic E-state index is 11.1. The molecule has 6 heteroatoms. The number of primary amides is 1. The molecule has 1 aromatic carbocycles. The third-order valence-electron chi connectivity index (χ3n) is 2.60. The van der Waals surface area contributed by atoms with Crippen molar-refractivity contribution in [2.45, 2.75) is 6.92 Å². The molecule has 0 spiro atoms. The summed E-state index contributed by atoms with van der Waals surface area (Å²) in [5, 5.41) is 0. The summed E-state index contributed by atoms with van der Waals surface area (Å²) in [4.78, 5) is 15.2. The number of carbonyl (C=O) groups is 1. The number of pyridine rings is 1. The topological polar surface area (TPSA) is 91.2 Å². The fraction of sp³-hybridized carbons (Fsp3) is 0.0769. The quantitative estimate of drug-likeness (QED) is 0.909. The first-order valence-corrected chi connectivity index (χ1v) is 6.26. The molecule has 1 heterocycles. The molecule has 4 N–H and O–H groups in total. The van der Waals surface area contributed by atoms with Gasteiger partial charge in [-0.1, -0.05) is 6.07 Å². The average molecular weight is 322 g/mol. The van der Waals surface area contributed by atoms with E-state index in [0.29, 0.717) is 27.4 Å². The second-order valence-corrected chi connectivity index (χ2v) is 4.74. The number of benzene rings is 1. The second-order valence-electron chi connectivity index (χ2n) is 3.95. The van der Waals surface area contributed by atoms with E-state index in [1.54, 1.807) is 24.3 Å². The van der Waals surface area contributed by atoms with Crippen molar-refractivity contribution in [3.05, 3.63) is 46.1 Å². The number of nitrogen functional groups attached to an aromatic ring is 1. The summed E-state index contributed by atoms with van der Waals surface area (Å²) in [6, 6.07) is 6.58. The minimum Gasteiger partial charge on any atom is -0.438 e. The monoisotopic (exact) mass is 321 g/mol. The molecule has 0 atom stereocenters. The summed E-state index contributed by atoms with van der Waals surface area (Å²) in [7, 11) is 0. The van der Waals surface area contributed by atoms with Crippen LogP contribution in [0.3, 0.4) is 0 Å². The number of amides is 1. The lowest BCUT2D eigenvalue weighted by molar-refractivity contribution is 0.1000. The fourth-order valence-electron chi connectivity index (χ4n) is 1.46. The van der Waals surface area contributed by atoms with Gasteiger partial charge in [0.1, 0.15) is 5.75 Å². The zero-order valence-electron chi connectivity index (χ0n) is 10.2. The van der Waals surface area contributed by atoms with Gasteiger partial charge < -0.3 is 16.2 Å². The lowest BCUT2D eigenvalue weighted by Gasteiger charge is -2.10. The zero-order chi connectivity index (χ0) is 14.0. The summed E-state index contributed by atoms with van der Waals surface area (Å²) in [6.45, 7) is 1.85. The minimum absolute atomic E-state index is 0.376. The van der Waals surface area contributed by atoms with Crippen molar-refractivity contribution in [2.75, 3.05) is 5.73 Å². The molecule has 2 rings (SSSR count). The Morgan fingerprint density at radius 2 is 2.16 bits per heavy atom. The number of hydrogen-bond acceptors (Lipinski definition) is 4. The van der Waals surface area contributed by atoms with Crippen LogP contribution in [-0.2, 0) is 0 Å². The normalized spacial score (nSPS) is 10.2. The number of aromatic nitrogens is 1. The Bertz CT molecular complexity index is 644. The predicted molar refractivity (Wildman–Crippen MR) is 76.1 cm³/mol. The molecule has 0 saturated heterocycles. The van der Waals surface area contributed by atoms with Crippen LogP contribution < -0.4 is 16.2 Å². The number of halogens is 1. The molecule has 0 fully saturated rings. The van der Waals surface area contributed by atoms with E-state index in [1.807, 2.05) is 6.92 Å². The van der Waals surface area contributed by atoms with Crippen molar-refractivity contribution in [1.82, 2.24) is 4.98 Å². The van der Waals surface area contributed by atoms with E-state index in [4.69, 9.17) is 16.2 Å². The van der Waals surface area contributed by atoms with Gasteiger partial charge in [-0.05, 0) is 46.6 Å². The van der Waals surface area contributed by atoms with Crippen LogP contribution in [0, 0.1) is 6.92 Å². The van der Waals surface area contributed by atoms with E-state index in [1.165, 1.54) is 6.20 Å². The molecular formula is C13H12BrN3O2. The fourth-order valence-corrected chi connectivity index (χ4v) is 1.88. The molecule has 98 valence electrons. The number of nitrogens with two attached hydrogens (primary N) is 2. The molecule has 0 saturated carbocycles. The standard InChI is InChI=1S/C13H12BrN3O2/c1-7-10(15)6-17-13(11(7)14)19-9-4-2-3-8(5-9)12(16)18/h2-6H,15H2,1H3,(H2,16,18). The molecule has 0 aliphatic rings. The lowest BCUT2D eigenvalue weighted by atomic mass is 10.2. The highest BCUT2D eigenvalue weighted by Gasteiger charge is 2.10. The van der Waals surface area contributed by atoms with Gasteiger partial charge >= 0.3 is 0 Å². The molecule has 0 aliphatic carbocycles. The molecule has 0 aliphatic heterocycles. The van der Waals surface area contributed by atoms with Gasteiger partial charge in [0.25, 0.3) is 0 Å². The average Bonchev–Trinajstić information content (AvgIpc) is 2.40. The first-order valence-electron chi connectivity index (χ1n) is 5.47. The Kier molecular flexibility index (Phi) is 3.71. The first-order chi connectivity index (χ1) is 8.99. The second kappa shape index (κ2) is 5.27. The number of nitrogens with zero attached hydrogens (tertiary/aromatic N) is 1. The van der Waals surface area contributed by atoms with E-state index in [9.17, 15) is 4.79 Å². The Labute approximate surface area is 118 Å².